The SMILES string of the molecule is CC1CCCCN1c1ccc(C(N)=O)cc1NC(=O)c1ncccc1O. The minimum atomic E-state index is -0.570. The Morgan fingerprint density at radius 3 is 2.81 bits per heavy atom. The molecular formula is C19H22N4O3. The summed E-state index contributed by atoms with van der Waals surface area (Å²) in [5, 5.41) is 12.6. The number of hydrogen-bond donors (Lipinski definition) is 3. The average Bonchev–Trinajstić information content (AvgIpc) is 2.62. The highest BCUT2D eigenvalue weighted by atomic mass is 16.3. The summed E-state index contributed by atoms with van der Waals surface area (Å²) >= 11 is 0. The van der Waals surface area contributed by atoms with E-state index in [0.717, 1.165) is 25.1 Å². The molecule has 2 amide bonds. The lowest BCUT2D eigenvalue weighted by atomic mass is 10.0. The van der Waals surface area contributed by atoms with Crippen molar-refractivity contribution in [1.82, 2.24) is 4.98 Å². The van der Waals surface area contributed by atoms with E-state index in [2.05, 4.69) is 22.1 Å². The van der Waals surface area contributed by atoms with Crippen LogP contribution in [0.15, 0.2) is 36.5 Å². The van der Waals surface area contributed by atoms with Gasteiger partial charge in [-0.15, -0.1) is 0 Å². The molecule has 3 rings (SSSR count). The van der Waals surface area contributed by atoms with Gasteiger partial charge in [0, 0.05) is 24.3 Å². The van der Waals surface area contributed by atoms with Crippen molar-refractivity contribution in [3.63, 3.8) is 0 Å². The molecule has 2 heterocycles. The van der Waals surface area contributed by atoms with Crippen LogP contribution in [0, 0.1) is 0 Å². The van der Waals surface area contributed by atoms with Crippen LogP contribution in [-0.2, 0) is 0 Å². The molecule has 0 spiro atoms. The summed E-state index contributed by atoms with van der Waals surface area (Å²) in [6.07, 6.45) is 4.73. The van der Waals surface area contributed by atoms with Crippen molar-refractivity contribution >= 4 is 23.2 Å². The molecule has 1 atom stereocenters. The second-order valence-corrected chi connectivity index (χ2v) is 6.46. The fraction of sp³-hybridized carbons (Fsp3) is 0.316. The summed E-state index contributed by atoms with van der Waals surface area (Å²) in [4.78, 5) is 30.3. The number of benzene rings is 1. The van der Waals surface area contributed by atoms with Gasteiger partial charge in [0.2, 0.25) is 5.91 Å². The number of hydrogen-bond acceptors (Lipinski definition) is 5. The van der Waals surface area contributed by atoms with E-state index >= 15 is 0 Å². The van der Waals surface area contributed by atoms with Crippen molar-refractivity contribution in [3.05, 3.63) is 47.8 Å². The van der Waals surface area contributed by atoms with E-state index in [-0.39, 0.29) is 11.4 Å². The first-order valence-electron chi connectivity index (χ1n) is 8.63. The van der Waals surface area contributed by atoms with Crippen molar-refractivity contribution in [2.75, 3.05) is 16.8 Å². The largest absolute Gasteiger partial charge is 0.505 e. The van der Waals surface area contributed by atoms with Gasteiger partial charge in [0.15, 0.2) is 5.69 Å². The molecule has 1 aliphatic rings. The summed E-state index contributed by atoms with van der Waals surface area (Å²) in [5.74, 6) is -1.32. The van der Waals surface area contributed by atoms with Gasteiger partial charge < -0.3 is 21.1 Å². The number of nitrogens with two attached hydrogens (primary N) is 1. The molecule has 1 fully saturated rings. The molecular weight excluding hydrogens is 332 g/mol. The van der Waals surface area contributed by atoms with E-state index in [1.165, 1.54) is 18.7 Å². The number of nitrogens with zero attached hydrogens (tertiary/aromatic N) is 2. The standard InChI is InChI=1S/C19H22N4O3/c1-12-5-2-3-10-23(12)15-8-7-13(18(20)25)11-14(15)22-19(26)17-16(24)6-4-9-21-17/h4,6-9,11-12,24H,2-3,5,10H2,1H3,(H2,20,25)(H,22,26). The zero-order chi connectivity index (χ0) is 18.7. The molecule has 1 aliphatic heterocycles. The first-order chi connectivity index (χ1) is 12.5. The summed E-state index contributed by atoms with van der Waals surface area (Å²) in [6, 6.07) is 8.29. The maximum atomic E-state index is 12.6. The van der Waals surface area contributed by atoms with Gasteiger partial charge in [-0.2, -0.15) is 0 Å². The van der Waals surface area contributed by atoms with Crippen molar-refractivity contribution in [2.45, 2.75) is 32.2 Å². The van der Waals surface area contributed by atoms with Gasteiger partial charge in [-0.05, 0) is 56.5 Å². The quantitative estimate of drug-likeness (QED) is 0.782. The molecule has 0 radical (unpaired) electrons. The fourth-order valence-corrected chi connectivity index (χ4v) is 3.25. The highest BCUT2D eigenvalue weighted by Crippen LogP contribution is 2.33. The number of carbonyl (C=O) groups excluding carboxylic acids is 2. The number of primary amides is 1. The van der Waals surface area contributed by atoms with Gasteiger partial charge >= 0.3 is 0 Å². The van der Waals surface area contributed by atoms with Crippen LogP contribution < -0.4 is 16.0 Å². The number of rotatable bonds is 4. The Morgan fingerprint density at radius 2 is 2.12 bits per heavy atom. The second-order valence-electron chi connectivity index (χ2n) is 6.46. The van der Waals surface area contributed by atoms with Crippen LogP contribution in [0.25, 0.3) is 0 Å². The number of carbonyl (C=O) groups is 2. The smallest absolute Gasteiger partial charge is 0.278 e. The van der Waals surface area contributed by atoms with Gasteiger partial charge in [-0.3, -0.25) is 9.59 Å². The molecule has 0 aliphatic carbocycles. The maximum absolute atomic E-state index is 12.6. The van der Waals surface area contributed by atoms with Crippen LogP contribution in [0.3, 0.4) is 0 Å². The summed E-state index contributed by atoms with van der Waals surface area (Å²) < 4.78 is 0. The molecule has 1 unspecified atom stereocenters. The van der Waals surface area contributed by atoms with Crippen LogP contribution in [0.5, 0.6) is 5.75 Å². The normalized spacial score (nSPS) is 17.0. The number of amides is 2. The molecule has 136 valence electrons. The average molecular weight is 354 g/mol. The van der Waals surface area contributed by atoms with Gasteiger partial charge in [0.25, 0.3) is 5.91 Å². The highest BCUT2D eigenvalue weighted by molar-refractivity contribution is 6.07. The Morgan fingerprint density at radius 1 is 1.31 bits per heavy atom. The number of nitrogens with one attached hydrogen (secondary N) is 1. The van der Waals surface area contributed by atoms with Crippen LogP contribution in [-0.4, -0.2) is 34.5 Å². The molecule has 1 aromatic heterocycles. The zero-order valence-electron chi connectivity index (χ0n) is 14.6. The number of piperidine rings is 1. The van der Waals surface area contributed by atoms with Crippen molar-refractivity contribution in [1.29, 1.82) is 0 Å². The number of aromatic hydroxyl groups is 1. The first kappa shape index (κ1) is 17.7. The topological polar surface area (TPSA) is 109 Å². The summed E-state index contributed by atoms with van der Waals surface area (Å²) in [6.45, 7) is 3.01. The Labute approximate surface area is 151 Å². The molecule has 0 bridgehead atoms. The third-order valence-electron chi connectivity index (χ3n) is 4.64. The maximum Gasteiger partial charge on any atom is 0.278 e. The third-order valence-corrected chi connectivity index (χ3v) is 4.64. The number of pyridine rings is 1. The lowest BCUT2D eigenvalue weighted by Gasteiger charge is -2.36. The predicted octanol–water partition coefficient (Wildman–Crippen LogP) is 2.52. The van der Waals surface area contributed by atoms with E-state index in [1.54, 1.807) is 24.3 Å². The molecule has 0 saturated carbocycles. The molecule has 1 aromatic carbocycles. The lowest BCUT2D eigenvalue weighted by molar-refractivity contribution is 0.0994. The zero-order valence-corrected chi connectivity index (χ0v) is 14.6. The van der Waals surface area contributed by atoms with E-state index in [0.29, 0.717) is 17.3 Å². The van der Waals surface area contributed by atoms with Crippen LogP contribution in [0.4, 0.5) is 11.4 Å². The molecule has 7 nitrogen and oxygen atoms in total. The van der Waals surface area contributed by atoms with Gasteiger partial charge in [0.05, 0.1) is 11.4 Å². The second kappa shape index (κ2) is 7.43. The number of anilines is 2. The first-order valence-corrected chi connectivity index (χ1v) is 8.63. The highest BCUT2D eigenvalue weighted by Gasteiger charge is 2.23. The van der Waals surface area contributed by atoms with Gasteiger partial charge in [-0.1, -0.05) is 0 Å². The fourth-order valence-electron chi connectivity index (χ4n) is 3.25. The van der Waals surface area contributed by atoms with Gasteiger partial charge in [-0.25, -0.2) is 4.98 Å². The van der Waals surface area contributed by atoms with E-state index < -0.39 is 11.8 Å². The van der Waals surface area contributed by atoms with E-state index in [4.69, 9.17) is 5.73 Å². The minimum Gasteiger partial charge on any atom is -0.505 e. The summed E-state index contributed by atoms with van der Waals surface area (Å²) in [5.41, 5.74) is 6.92. The molecule has 26 heavy (non-hydrogen) atoms. The molecule has 7 heteroatoms. The Kier molecular flexibility index (Phi) is 5.06. The molecule has 4 N–H and O–H groups in total. The lowest BCUT2D eigenvalue weighted by Crippen LogP contribution is -2.38. The Hall–Kier alpha value is -3.09. The molecule has 1 saturated heterocycles. The van der Waals surface area contributed by atoms with Crippen molar-refractivity contribution in [2.24, 2.45) is 5.73 Å². The Balaban J connectivity index is 1.97. The van der Waals surface area contributed by atoms with Crippen LogP contribution in [0.1, 0.15) is 47.0 Å². The van der Waals surface area contributed by atoms with Crippen molar-refractivity contribution in [3.8, 4) is 5.75 Å². The number of aromatic nitrogens is 1. The van der Waals surface area contributed by atoms with Crippen LogP contribution in [0.2, 0.25) is 0 Å². The predicted molar refractivity (Wildman–Crippen MR) is 99.5 cm³/mol. The Bertz CT molecular complexity index is 837. The molecule has 2 aromatic rings. The van der Waals surface area contributed by atoms with Crippen LogP contribution >= 0.6 is 0 Å². The summed E-state index contributed by atoms with van der Waals surface area (Å²) in [7, 11) is 0. The van der Waals surface area contributed by atoms with E-state index in [1.807, 2.05) is 0 Å². The van der Waals surface area contributed by atoms with Crippen molar-refractivity contribution < 1.29 is 14.7 Å². The van der Waals surface area contributed by atoms with Gasteiger partial charge in [0.1, 0.15) is 5.75 Å². The minimum absolute atomic E-state index is 0.0744. The third kappa shape index (κ3) is 3.61. The monoisotopic (exact) mass is 354 g/mol. The van der Waals surface area contributed by atoms with E-state index in [9.17, 15) is 14.7 Å².